The molecule has 3 nitrogen and oxygen atoms in total. The Kier molecular flexibility index (Phi) is 3.51. The number of rotatable bonds is 3. The standard InChI is InChI=1S/C15H13FO3/c1-9-3-4-14(16)13(5-9)10-6-11(15(17)18)8-12(7-10)19-2/h3-8H,1-2H3,(H,17,18)/p-1. The van der Waals surface area contributed by atoms with Crippen LogP contribution >= 0.6 is 0 Å². The number of carboxylic acid groups (broad SMARTS) is 1. The first-order chi connectivity index (χ1) is 9.01. The van der Waals surface area contributed by atoms with Gasteiger partial charge in [-0.3, -0.25) is 0 Å². The number of ether oxygens (including phenoxy) is 1. The number of aromatic carboxylic acids is 1. The van der Waals surface area contributed by atoms with Crippen molar-refractivity contribution in [3.05, 3.63) is 53.3 Å². The van der Waals surface area contributed by atoms with E-state index in [4.69, 9.17) is 4.74 Å². The third-order valence-corrected chi connectivity index (χ3v) is 2.81. The van der Waals surface area contributed by atoms with Crippen molar-refractivity contribution >= 4 is 5.97 Å². The van der Waals surface area contributed by atoms with Gasteiger partial charge in [0.1, 0.15) is 11.6 Å². The smallest absolute Gasteiger partial charge is 0.131 e. The molecule has 2 aromatic carbocycles. The number of carbonyl (C=O) groups is 1. The van der Waals surface area contributed by atoms with Gasteiger partial charge in [-0.15, -0.1) is 0 Å². The Hall–Kier alpha value is -2.36. The highest BCUT2D eigenvalue weighted by Gasteiger charge is 2.09. The molecule has 0 unspecified atom stereocenters. The van der Waals surface area contributed by atoms with Gasteiger partial charge in [-0.2, -0.15) is 0 Å². The van der Waals surface area contributed by atoms with E-state index in [-0.39, 0.29) is 5.56 Å². The van der Waals surface area contributed by atoms with Crippen LogP contribution in [0.4, 0.5) is 4.39 Å². The molecule has 0 aromatic heterocycles. The van der Waals surface area contributed by atoms with E-state index in [2.05, 4.69) is 0 Å². The zero-order chi connectivity index (χ0) is 14.0. The summed E-state index contributed by atoms with van der Waals surface area (Å²) in [4.78, 5) is 10.9. The number of carbonyl (C=O) groups excluding carboxylic acids is 1. The van der Waals surface area contributed by atoms with Gasteiger partial charge in [-0.05, 0) is 42.8 Å². The molecule has 0 heterocycles. The Morgan fingerprint density at radius 2 is 1.95 bits per heavy atom. The molecule has 2 aromatic rings. The fraction of sp³-hybridized carbons (Fsp3) is 0.133. The monoisotopic (exact) mass is 259 g/mol. The molecule has 0 radical (unpaired) electrons. The predicted molar refractivity (Wildman–Crippen MR) is 67.5 cm³/mol. The predicted octanol–water partition coefficient (Wildman–Crippen LogP) is 2.17. The van der Waals surface area contributed by atoms with Gasteiger partial charge in [0, 0.05) is 11.1 Å². The summed E-state index contributed by atoms with van der Waals surface area (Å²) in [6.07, 6.45) is 0. The van der Waals surface area contributed by atoms with Crippen LogP contribution in [0.1, 0.15) is 15.9 Å². The van der Waals surface area contributed by atoms with E-state index in [1.54, 1.807) is 18.2 Å². The topological polar surface area (TPSA) is 49.4 Å². The molecule has 0 atom stereocenters. The molecule has 0 amide bonds. The van der Waals surface area contributed by atoms with Crippen molar-refractivity contribution in [1.29, 1.82) is 0 Å². The molecule has 0 saturated heterocycles. The molecule has 0 spiro atoms. The first kappa shape index (κ1) is 13.1. The van der Waals surface area contributed by atoms with Crippen molar-refractivity contribution in [1.82, 2.24) is 0 Å². The summed E-state index contributed by atoms with van der Waals surface area (Å²) in [5.41, 5.74) is 1.62. The van der Waals surface area contributed by atoms with Gasteiger partial charge in [-0.1, -0.05) is 11.6 Å². The third-order valence-electron chi connectivity index (χ3n) is 2.81. The minimum atomic E-state index is -1.33. The molecule has 0 fully saturated rings. The maximum absolute atomic E-state index is 13.8. The second kappa shape index (κ2) is 5.10. The molecule has 0 N–H and O–H groups in total. The largest absolute Gasteiger partial charge is 0.545 e. The first-order valence-corrected chi connectivity index (χ1v) is 5.68. The van der Waals surface area contributed by atoms with Crippen LogP contribution in [0, 0.1) is 12.7 Å². The Morgan fingerprint density at radius 3 is 2.58 bits per heavy atom. The fourth-order valence-electron chi connectivity index (χ4n) is 1.85. The average molecular weight is 259 g/mol. The Labute approximate surface area is 110 Å². The van der Waals surface area contributed by atoms with E-state index in [1.807, 2.05) is 6.92 Å². The van der Waals surface area contributed by atoms with Gasteiger partial charge >= 0.3 is 0 Å². The van der Waals surface area contributed by atoms with Gasteiger partial charge in [-0.25, -0.2) is 4.39 Å². The second-order valence-electron chi connectivity index (χ2n) is 4.22. The summed E-state index contributed by atoms with van der Waals surface area (Å²) in [5, 5.41) is 10.9. The molecule has 0 aliphatic carbocycles. The number of carboxylic acids is 1. The molecule has 0 aliphatic rings. The average Bonchev–Trinajstić information content (AvgIpc) is 2.40. The van der Waals surface area contributed by atoms with E-state index in [1.165, 1.54) is 25.3 Å². The highest BCUT2D eigenvalue weighted by molar-refractivity contribution is 5.88. The van der Waals surface area contributed by atoms with Gasteiger partial charge in [0.15, 0.2) is 0 Å². The Bertz CT molecular complexity index is 635. The molecule has 98 valence electrons. The van der Waals surface area contributed by atoms with Crippen molar-refractivity contribution in [3.63, 3.8) is 0 Å². The molecule has 2 rings (SSSR count). The highest BCUT2D eigenvalue weighted by Crippen LogP contribution is 2.28. The fourth-order valence-corrected chi connectivity index (χ4v) is 1.85. The summed E-state index contributed by atoms with van der Waals surface area (Å²) in [6, 6.07) is 8.96. The Balaban J connectivity index is 2.64. The van der Waals surface area contributed by atoms with Crippen LogP contribution in [-0.4, -0.2) is 13.1 Å². The summed E-state index contributed by atoms with van der Waals surface area (Å²) < 4.78 is 18.8. The van der Waals surface area contributed by atoms with E-state index in [0.29, 0.717) is 16.9 Å². The van der Waals surface area contributed by atoms with Gasteiger partial charge < -0.3 is 14.6 Å². The third kappa shape index (κ3) is 2.73. The normalized spacial score (nSPS) is 10.3. The number of aryl methyl sites for hydroxylation is 1. The van der Waals surface area contributed by atoms with E-state index >= 15 is 0 Å². The molecule has 0 aliphatic heterocycles. The maximum atomic E-state index is 13.8. The van der Waals surface area contributed by atoms with Crippen molar-refractivity contribution < 1.29 is 19.0 Å². The van der Waals surface area contributed by atoms with Crippen LogP contribution in [0.5, 0.6) is 5.75 Å². The first-order valence-electron chi connectivity index (χ1n) is 5.68. The number of halogens is 1. The number of benzene rings is 2. The van der Waals surface area contributed by atoms with Crippen LogP contribution in [0.3, 0.4) is 0 Å². The highest BCUT2D eigenvalue weighted by atomic mass is 19.1. The number of hydrogen-bond donors (Lipinski definition) is 0. The SMILES string of the molecule is COc1cc(C(=O)[O-])cc(-c2cc(C)ccc2F)c1. The number of hydrogen-bond acceptors (Lipinski definition) is 3. The lowest BCUT2D eigenvalue weighted by Crippen LogP contribution is -2.22. The van der Waals surface area contributed by atoms with Crippen molar-refractivity contribution in [2.75, 3.05) is 7.11 Å². The zero-order valence-electron chi connectivity index (χ0n) is 10.6. The maximum Gasteiger partial charge on any atom is 0.131 e. The van der Waals surface area contributed by atoms with Gasteiger partial charge in [0.25, 0.3) is 0 Å². The van der Waals surface area contributed by atoms with Gasteiger partial charge in [0.05, 0.1) is 13.1 Å². The van der Waals surface area contributed by atoms with Crippen molar-refractivity contribution in [2.45, 2.75) is 6.92 Å². The van der Waals surface area contributed by atoms with Crippen molar-refractivity contribution in [3.8, 4) is 16.9 Å². The van der Waals surface area contributed by atoms with Crippen LogP contribution in [0.15, 0.2) is 36.4 Å². The number of methoxy groups -OCH3 is 1. The van der Waals surface area contributed by atoms with Crippen LogP contribution in [0.2, 0.25) is 0 Å². The molecule has 0 saturated carbocycles. The molecule has 19 heavy (non-hydrogen) atoms. The molecule has 0 bridgehead atoms. The molecular formula is C15H12FO3-. The minimum absolute atomic E-state index is 0.0461. The molecular weight excluding hydrogens is 247 g/mol. The van der Waals surface area contributed by atoms with Crippen molar-refractivity contribution in [2.24, 2.45) is 0 Å². The quantitative estimate of drug-likeness (QED) is 0.848. The van der Waals surface area contributed by atoms with Gasteiger partial charge in [0.2, 0.25) is 0 Å². The summed E-state index contributed by atoms with van der Waals surface area (Å²) in [5.74, 6) is -1.39. The summed E-state index contributed by atoms with van der Waals surface area (Å²) in [6.45, 7) is 1.84. The van der Waals surface area contributed by atoms with E-state index < -0.39 is 11.8 Å². The van der Waals surface area contributed by atoms with E-state index in [0.717, 1.165) is 5.56 Å². The Morgan fingerprint density at radius 1 is 1.21 bits per heavy atom. The van der Waals surface area contributed by atoms with Crippen LogP contribution in [0.25, 0.3) is 11.1 Å². The lowest BCUT2D eigenvalue weighted by Gasteiger charge is -2.11. The summed E-state index contributed by atoms with van der Waals surface area (Å²) in [7, 11) is 1.42. The lowest BCUT2D eigenvalue weighted by molar-refractivity contribution is -0.255. The summed E-state index contributed by atoms with van der Waals surface area (Å²) >= 11 is 0. The zero-order valence-corrected chi connectivity index (χ0v) is 10.6. The van der Waals surface area contributed by atoms with Crippen LogP contribution in [-0.2, 0) is 0 Å². The minimum Gasteiger partial charge on any atom is -0.545 e. The second-order valence-corrected chi connectivity index (χ2v) is 4.22. The van der Waals surface area contributed by atoms with E-state index in [9.17, 15) is 14.3 Å². The molecule has 4 heteroatoms. The van der Waals surface area contributed by atoms with Crippen LogP contribution < -0.4 is 9.84 Å². The lowest BCUT2D eigenvalue weighted by atomic mass is 10.0.